The number of rotatable bonds is 6. The molecular weight excluding hydrogens is 322 g/mol. The molecule has 0 aliphatic carbocycles. The first kappa shape index (κ1) is 18.4. The molecule has 0 spiro atoms. The van der Waals surface area contributed by atoms with Crippen LogP contribution in [0.3, 0.4) is 0 Å². The molecular formula is C18H25N3O2S. The lowest BCUT2D eigenvalue weighted by Gasteiger charge is -2.24. The molecule has 24 heavy (non-hydrogen) atoms. The zero-order chi connectivity index (χ0) is 17.7. The third-order valence-electron chi connectivity index (χ3n) is 3.99. The van der Waals surface area contributed by atoms with Crippen molar-refractivity contribution in [2.75, 3.05) is 13.1 Å². The van der Waals surface area contributed by atoms with Gasteiger partial charge in [-0.3, -0.25) is 0 Å². The van der Waals surface area contributed by atoms with Gasteiger partial charge in [-0.05, 0) is 33.3 Å². The Kier molecular flexibility index (Phi) is 6.34. The molecule has 1 aromatic heterocycles. The van der Waals surface area contributed by atoms with E-state index in [-0.39, 0.29) is 12.6 Å². The summed E-state index contributed by atoms with van der Waals surface area (Å²) in [6, 6.07) is 7.53. The van der Waals surface area contributed by atoms with Gasteiger partial charge in [-0.25, -0.2) is 9.78 Å². The summed E-state index contributed by atoms with van der Waals surface area (Å²) in [6.07, 6.45) is -0.694. The minimum absolute atomic E-state index is 0.186. The topological polar surface area (TPSA) is 65.5 Å². The van der Waals surface area contributed by atoms with Crippen LogP contribution in [0.2, 0.25) is 0 Å². The number of nitrogens with zero attached hydrogens (tertiary/aromatic N) is 2. The van der Waals surface area contributed by atoms with Crippen LogP contribution in [-0.2, 0) is 6.54 Å². The van der Waals surface area contributed by atoms with E-state index in [1.165, 1.54) is 4.88 Å². The van der Waals surface area contributed by atoms with Crippen molar-refractivity contribution in [3.8, 4) is 0 Å². The summed E-state index contributed by atoms with van der Waals surface area (Å²) < 4.78 is 0. The van der Waals surface area contributed by atoms with Crippen LogP contribution in [0.4, 0.5) is 4.79 Å². The van der Waals surface area contributed by atoms with Crippen molar-refractivity contribution in [2.24, 2.45) is 0 Å². The standard InChI is InChI=1S/C18H25N3O2S/c1-5-21(11-16(22)15-8-6-12(2)7-9-15)18(23)19-10-17-20-13(3)14(4)24-17/h6-9,16,22H,5,10-11H2,1-4H3,(H,19,23). The molecule has 2 rings (SSSR count). The summed E-state index contributed by atoms with van der Waals surface area (Å²) in [4.78, 5) is 19.5. The number of aliphatic hydroxyl groups is 1. The number of carbonyl (C=O) groups is 1. The molecule has 0 saturated carbocycles. The number of carbonyl (C=O) groups excluding carboxylic acids is 1. The van der Waals surface area contributed by atoms with E-state index < -0.39 is 6.10 Å². The lowest BCUT2D eigenvalue weighted by atomic mass is 10.1. The smallest absolute Gasteiger partial charge is 0.317 e. The summed E-state index contributed by atoms with van der Waals surface area (Å²) in [5.74, 6) is 0. The highest BCUT2D eigenvalue weighted by Gasteiger charge is 2.17. The van der Waals surface area contributed by atoms with E-state index >= 15 is 0 Å². The Morgan fingerprint density at radius 3 is 2.50 bits per heavy atom. The Bertz CT molecular complexity index is 663. The number of benzene rings is 1. The number of aryl methyl sites for hydroxylation is 3. The van der Waals surface area contributed by atoms with E-state index in [4.69, 9.17) is 0 Å². The molecule has 1 atom stereocenters. The average molecular weight is 347 g/mol. The Hall–Kier alpha value is -1.92. The Morgan fingerprint density at radius 2 is 1.96 bits per heavy atom. The fraction of sp³-hybridized carbons (Fsp3) is 0.444. The molecule has 0 aliphatic heterocycles. The summed E-state index contributed by atoms with van der Waals surface area (Å²) in [6.45, 7) is 9.10. The van der Waals surface area contributed by atoms with Gasteiger partial charge in [-0.2, -0.15) is 0 Å². The quantitative estimate of drug-likeness (QED) is 0.842. The number of hydrogen-bond donors (Lipinski definition) is 2. The predicted molar refractivity (Wildman–Crippen MR) is 97.2 cm³/mol. The van der Waals surface area contributed by atoms with Crippen molar-refractivity contribution < 1.29 is 9.90 Å². The van der Waals surface area contributed by atoms with Crippen LogP contribution < -0.4 is 5.32 Å². The molecule has 1 aromatic carbocycles. The number of likely N-dealkylation sites (N-methyl/N-ethyl adjacent to an activating group) is 1. The molecule has 2 N–H and O–H groups in total. The lowest BCUT2D eigenvalue weighted by Crippen LogP contribution is -2.41. The second-order valence-corrected chi connectivity index (χ2v) is 7.16. The summed E-state index contributed by atoms with van der Waals surface area (Å²) in [7, 11) is 0. The molecule has 2 aromatic rings. The van der Waals surface area contributed by atoms with Crippen molar-refractivity contribution in [1.29, 1.82) is 0 Å². The fourth-order valence-corrected chi connectivity index (χ4v) is 3.21. The zero-order valence-corrected chi connectivity index (χ0v) is 15.5. The van der Waals surface area contributed by atoms with E-state index in [9.17, 15) is 9.90 Å². The molecule has 1 unspecified atom stereocenters. The monoisotopic (exact) mass is 347 g/mol. The van der Waals surface area contributed by atoms with Gasteiger partial charge in [0, 0.05) is 11.4 Å². The van der Waals surface area contributed by atoms with E-state index in [0.29, 0.717) is 13.1 Å². The molecule has 0 saturated heterocycles. The van der Waals surface area contributed by atoms with Gasteiger partial charge in [0.05, 0.1) is 24.9 Å². The number of hydrogen-bond acceptors (Lipinski definition) is 4. The first-order valence-corrected chi connectivity index (χ1v) is 8.92. The second-order valence-electron chi connectivity index (χ2n) is 5.87. The molecule has 5 nitrogen and oxygen atoms in total. The molecule has 6 heteroatoms. The van der Waals surface area contributed by atoms with Crippen LogP contribution in [0.5, 0.6) is 0 Å². The SMILES string of the molecule is CCN(CC(O)c1ccc(C)cc1)C(=O)NCc1nc(C)c(C)s1. The number of nitrogens with one attached hydrogen (secondary N) is 1. The molecule has 0 radical (unpaired) electrons. The zero-order valence-electron chi connectivity index (χ0n) is 14.7. The maximum Gasteiger partial charge on any atom is 0.317 e. The fourth-order valence-electron chi connectivity index (χ4n) is 2.34. The van der Waals surface area contributed by atoms with E-state index in [1.807, 2.05) is 52.0 Å². The average Bonchev–Trinajstić information content (AvgIpc) is 2.89. The minimum Gasteiger partial charge on any atom is -0.387 e. The summed E-state index contributed by atoms with van der Waals surface area (Å²) >= 11 is 1.59. The van der Waals surface area contributed by atoms with Gasteiger partial charge in [0.2, 0.25) is 0 Å². The van der Waals surface area contributed by atoms with Crippen LogP contribution in [0, 0.1) is 20.8 Å². The van der Waals surface area contributed by atoms with Gasteiger partial charge in [0.25, 0.3) is 0 Å². The number of thiazole rings is 1. The first-order chi connectivity index (χ1) is 11.4. The highest BCUT2D eigenvalue weighted by molar-refractivity contribution is 7.11. The third-order valence-corrected chi connectivity index (χ3v) is 5.06. The largest absolute Gasteiger partial charge is 0.387 e. The van der Waals surface area contributed by atoms with Crippen molar-refractivity contribution in [1.82, 2.24) is 15.2 Å². The highest BCUT2D eigenvalue weighted by atomic mass is 32.1. The second kappa shape index (κ2) is 8.26. The van der Waals surface area contributed by atoms with Crippen molar-refractivity contribution in [2.45, 2.75) is 40.3 Å². The van der Waals surface area contributed by atoms with Crippen molar-refractivity contribution >= 4 is 17.4 Å². The maximum absolute atomic E-state index is 12.3. The normalized spacial score (nSPS) is 12.0. The molecule has 0 aliphatic rings. The summed E-state index contributed by atoms with van der Waals surface area (Å²) in [5.41, 5.74) is 2.97. The number of amides is 2. The van der Waals surface area contributed by atoms with Crippen LogP contribution in [-0.4, -0.2) is 34.1 Å². The Labute approximate surface area is 147 Å². The molecule has 130 valence electrons. The molecule has 2 amide bonds. The predicted octanol–water partition coefficient (Wildman–Crippen LogP) is 3.33. The van der Waals surface area contributed by atoms with Gasteiger partial charge >= 0.3 is 6.03 Å². The highest BCUT2D eigenvalue weighted by Crippen LogP contribution is 2.17. The first-order valence-electron chi connectivity index (χ1n) is 8.11. The van der Waals surface area contributed by atoms with E-state index in [2.05, 4.69) is 10.3 Å². The maximum atomic E-state index is 12.3. The third kappa shape index (κ3) is 4.79. The molecule has 0 fully saturated rings. The molecule has 0 bridgehead atoms. The number of aromatic nitrogens is 1. The van der Waals surface area contributed by atoms with Gasteiger partial charge in [0.15, 0.2) is 0 Å². The van der Waals surface area contributed by atoms with Gasteiger partial charge < -0.3 is 15.3 Å². The van der Waals surface area contributed by atoms with Crippen LogP contribution in [0.25, 0.3) is 0 Å². The van der Waals surface area contributed by atoms with Crippen molar-refractivity contribution in [3.05, 3.63) is 51.0 Å². The van der Waals surface area contributed by atoms with Crippen LogP contribution in [0.15, 0.2) is 24.3 Å². The van der Waals surface area contributed by atoms with Gasteiger partial charge in [-0.1, -0.05) is 29.8 Å². The summed E-state index contributed by atoms with van der Waals surface area (Å²) in [5, 5.41) is 14.1. The van der Waals surface area contributed by atoms with Crippen molar-refractivity contribution in [3.63, 3.8) is 0 Å². The Balaban J connectivity index is 1.91. The van der Waals surface area contributed by atoms with Crippen LogP contribution >= 0.6 is 11.3 Å². The van der Waals surface area contributed by atoms with Crippen LogP contribution in [0.1, 0.15) is 39.7 Å². The minimum atomic E-state index is -0.694. The van der Waals surface area contributed by atoms with E-state index in [1.54, 1.807) is 16.2 Å². The number of urea groups is 1. The van der Waals surface area contributed by atoms with Gasteiger partial charge in [0.1, 0.15) is 5.01 Å². The lowest BCUT2D eigenvalue weighted by molar-refractivity contribution is 0.123. The van der Waals surface area contributed by atoms with E-state index in [0.717, 1.165) is 21.8 Å². The number of aliphatic hydroxyl groups excluding tert-OH is 1. The van der Waals surface area contributed by atoms with Gasteiger partial charge in [-0.15, -0.1) is 11.3 Å². The molecule has 1 heterocycles. The Morgan fingerprint density at radius 1 is 1.29 bits per heavy atom.